The van der Waals surface area contributed by atoms with Crippen molar-refractivity contribution < 1.29 is 34.0 Å². The van der Waals surface area contributed by atoms with Crippen molar-refractivity contribution in [3.05, 3.63) is 41.0 Å². The van der Waals surface area contributed by atoms with E-state index >= 15 is 0 Å². The normalized spacial score (nSPS) is 10.3. The number of ether oxygens (including phenoxy) is 4. The highest BCUT2D eigenvalue weighted by Crippen LogP contribution is 2.38. The summed E-state index contributed by atoms with van der Waals surface area (Å²) in [4.78, 5) is 11.5. The quantitative estimate of drug-likeness (QED) is 0.745. The van der Waals surface area contributed by atoms with Gasteiger partial charge in [0.2, 0.25) is 5.75 Å². The van der Waals surface area contributed by atoms with Crippen molar-refractivity contribution in [1.29, 1.82) is 0 Å². The fourth-order valence-corrected chi connectivity index (χ4v) is 2.78. The van der Waals surface area contributed by atoms with Gasteiger partial charge < -0.3 is 29.2 Å². The summed E-state index contributed by atoms with van der Waals surface area (Å²) in [5, 5.41) is 19.4. The molecule has 140 valence electrons. The average molecular weight is 362 g/mol. The number of carboxylic acids is 1. The fraction of sp³-hybridized carbons (Fsp3) is 0.316. The Labute approximate surface area is 151 Å². The number of benzene rings is 2. The van der Waals surface area contributed by atoms with Crippen LogP contribution in [0.1, 0.15) is 21.5 Å². The number of phenols is 1. The SMILES string of the molecule is COc1cc(O)c(C(=O)O)c(CCc2cc(OC)c(OC)c(OC)c2)c1. The predicted octanol–water partition coefficient (Wildman–Crippen LogP) is 2.91. The van der Waals surface area contributed by atoms with E-state index in [1.165, 1.54) is 34.5 Å². The topological polar surface area (TPSA) is 94.5 Å². The van der Waals surface area contributed by atoms with Gasteiger partial charge in [-0.2, -0.15) is 0 Å². The van der Waals surface area contributed by atoms with Gasteiger partial charge in [-0.25, -0.2) is 4.79 Å². The molecular formula is C19H22O7. The molecule has 7 nitrogen and oxygen atoms in total. The maximum absolute atomic E-state index is 11.5. The zero-order valence-electron chi connectivity index (χ0n) is 15.2. The number of hydrogen-bond acceptors (Lipinski definition) is 6. The molecule has 0 aliphatic heterocycles. The van der Waals surface area contributed by atoms with Crippen LogP contribution in [0.5, 0.6) is 28.7 Å². The number of carbonyl (C=O) groups is 1. The molecule has 0 spiro atoms. The first-order valence-corrected chi connectivity index (χ1v) is 7.87. The highest BCUT2D eigenvalue weighted by molar-refractivity contribution is 5.93. The van der Waals surface area contributed by atoms with Crippen molar-refractivity contribution in [3.8, 4) is 28.7 Å². The minimum atomic E-state index is -1.19. The monoisotopic (exact) mass is 362 g/mol. The van der Waals surface area contributed by atoms with Crippen molar-refractivity contribution in [3.63, 3.8) is 0 Å². The Bertz CT molecular complexity index is 774. The van der Waals surface area contributed by atoms with Gasteiger partial charge in [-0.15, -0.1) is 0 Å². The molecule has 7 heteroatoms. The Morgan fingerprint density at radius 3 is 1.96 bits per heavy atom. The number of carboxylic acid groups (broad SMARTS) is 1. The number of aromatic hydroxyl groups is 1. The lowest BCUT2D eigenvalue weighted by atomic mass is 9.98. The lowest BCUT2D eigenvalue weighted by Crippen LogP contribution is -2.05. The van der Waals surface area contributed by atoms with Gasteiger partial charge in [0.25, 0.3) is 0 Å². The van der Waals surface area contributed by atoms with Crippen LogP contribution in [0, 0.1) is 0 Å². The smallest absolute Gasteiger partial charge is 0.339 e. The zero-order valence-corrected chi connectivity index (χ0v) is 15.2. The molecular weight excluding hydrogens is 340 g/mol. The van der Waals surface area contributed by atoms with E-state index in [0.717, 1.165) is 5.56 Å². The second-order valence-electron chi connectivity index (χ2n) is 5.52. The first kappa shape index (κ1) is 19.2. The van der Waals surface area contributed by atoms with Crippen molar-refractivity contribution in [1.82, 2.24) is 0 Å². The number of aromatic carboxylic acids is 1. The maximum atomic E-state index is 11.5. The molecule has 0 heterocycles. The van der Waals surface area contributed by atoms with E-state index in [1.54, 1.807) is 6.07 Å². The Balaban J connectivity index is 2.37. The molecule has 2 aromatic carbocycles. The summed E-state index contributed by atoms with van der Waals surface area (Å²) >= 11 is 0. The molecule has 0 saturated carbocycles. The molecule has 0 saturated heterocycles. The van der Waals surface area contributed by atoms with Gasteiger partial charge in [0.05, 0.1) is 28.4 Å². The van der Waals surface area contributed by atoms with Gasteiger partial charge in [-0.05, 0) is 42.2 Å². The number of aryl methyl sites for hydroxylation is 2. The van der Waals surface area contributed by atoms with E-state index in [1.807, 2.05) is 12.1 Å². The third kappa shape index (κ3) is 3.93. The second-order valence-corrected chi connectivity index (χ2v) is 5.52. The summed E-state index contributed by atoms with van der Waals surface area (Å²) in [5.41, 5.74) is 1.22. The van der Waals surface area contributed by atoms with Crippen molar-refractivity contribution in [2.75, 3.05) is 28.4 Å². The molecule has 0 unspecified atom stereocenters. The molecule has 0 bridgehead atoms. The molecule has 0 atom stereocenters. The van der Waals surface area contributed by atoms with Crippen molar-refractivity contribution in [2.45, 2.75) is 12.8 Å². The van der Waals surface area contributed by atoms with Crippen LogP contribution in [0.2, 0.25) is 0 Å². The van der Waals surface area contributed by atoms with E-state index in [2.05, 4.69) is 0 Å². The molecule has 0 radical (unpaired) electrons. The number of hydrogen-bond donors (Lipinski definition) is 2. The summed E-state index contributed by atoms with van der Waals surface area (Å²) in [6.07, 6.45) is 0.884. The summed E-state index contributed by atoms with van der Waals surface area (Å²) in [6.45, 7) is 0. The van der Waals surface area contributed by atoms with E-state index in [0.29, 0.717) is 41.4 Å². The van der Waals surface area contributed by atoms with E-state index in [-0.39, 0.29) is 11.3 Å². The fourth-order valence-electron chi connectivity index (χ4n) is 2.78. The van der Waals surface area contributed by atoms with Crippen molar-refractivity contribution >= 4 is 5.97 Å². The van der Waals surface area contributed by atoms with Gasteiger partial charge in [0.15, 0.2) is 11.5 Å². The van der Waals surface area contributed by atoms with Crippen LogP contribution in [0.15, 0.2) is 24.3 Å². The van der Waals surface area contributed by atoms with Gasteiger partial charge in [-0.3, -0.25) is 0 Å². The average Bonchev–Trinajstić information content (AvgIpc) is 2.64. The van der Waals surface area contributed by atoms with Gasteiger partial charge in [0.1, 0.15) is 17.1 Å². The summed E-state index contributed by atoms with van der Waals surface area (Å²) < 4.78 is 21.1. The first-order chi connectivity index (χ1) is 12.4. The largest absolute Gasteiger partial charge is 0.507 e. The molecule has 0 aromatic heterocycles. The van der Waals surface area contributed by atoms with Crippen LogP contribution in [0.3, 0.4) is 0 Å². The molecule has 0 amide bonds. The molecule has 0 fully saturated rings. The first-order valence-electron chi connectivity index (χ1n) is 7.87. The molecule has 26 heavy (non-hydrogen) atoms. The Kier molecular flexibility index (Phi) is 6.16. The lowest BCUT2D eigenvalue weighted by Gasteiger charge is -2.15. The number of rotatable bonds is 8. The van der Waals surface area contributed by atoms with Crippen LogP contribution in [-0.4, -0.2) is 44.6 Å². The Morgan fingerprint density at radius 2 is 1.50 bits per heavy atom. The van der Waals surface area contributed by atoms with Crippen molar-refractivity contribution in [2.24, 2.45) is 0 Å². The third-order valence-electron chi connectivity index (χ3n) is 4.03. The molecule has 2 N–H and O–H groups in total. The molecule has 0 aliphatic rings. The van der Waals surface area contributed by atoms with Crippen LogP contribution >= 0.6 is 0 Å². The highest BCUT2D eigenvalue weighted by Gasteiger charge is 2.18. The Hall–Kier alpha value is -3.09. The standard InChI is InChI=1S/C19H22O7/c1-23-13-9-12(17(19(21)22)14(20)10-13)6-5-11-7-15(24-2)18(26-4)16(8-11)25-3/h7-10,20H,5-6H2,1-4H3,(H,21,22). The molecule has 2 rings (SSSR count). The van der Waals surface area contributed by atoms with Crippen LogP contribution in [0.4, 0.5) is 0 Å². The highest BCUT2D eigenvalue weighted by atomic mass is 16.5. The van der Waals surface area contributed by atoms with Gasteiger partial charge >= 0.3 is 5.97 Å². The summed E-state index contributed by atoms with van der Waals surface area (Å²) in [7, 11) is 6.05. The Morgan fingerprint density at radius 1 is 0.885 bits per heavy atom. The molecule has 2 aromatic rings. The van der Waals surface area contributed by atoms with E-state index < -0.39 is 5.97 Å². The van der Waals surface area contributed by atoms with Crippen LogP contribution in [-0.2, 0) is 12.8 Å². The summed E-state index contributed by atoms with van der Waals surface area (Å²) in [5.74, 6) is 0.417. The number of methoxy groups -OCH3 is 4. The van der Waals surface area contributed by atoms with Crippen LogP contribution in [0.25, 0.3) is 0 Å². The lowest BCUT2D eigenvalue weighted by molar-refractivity contribution is 0.0692. The van der Waals surface area contributed by atoms with E-state index in [4.69, 9.17) is 18.9 Å². The van der Waals surface area contributed by atoms with Gasteiger partial charge in [0, 0.05) is 6.07 Å². The summed E-state index contributed by atoms with van der Waals surface area (Å²) in [6, 6.07) is 6.51. The van der Waals surface area contributed by atoms with E-state index in [9.17, 15) is 15.0 Å². The minimum absolute atomic E-state index is 0.127. The zero-order chi connectivity index (χ0) is 19.3. The maximum Gasteiger partial charge on any atom is 0.339 e. The van der Waals surface area contributed by atoms with Gasteiger partial charge in [-0.1, -0.05) is 0 Å². The van der Waals surface area contributed by atoms with Crippen LogP contribution < -0.4 is 18.9 Å². The minimum Gasteiger partial charge on any atom is -0.507 e. The third-order valence-corrected chi connectivity index (χ3v) is 4.03. The predicted molar refractivity (Wildman–Crippen MR) is 95.1 cm³/mol. The molecule has 0 aliphatic carbocycles. The second kappa shape index (κ2) is 8.33.